The van der Waals surface area contributed by atoms with Gasteiger partial charge in [-0.3, -0.25) is 14.9 Å². The van der Waals surface area contributed by atoms with Crippen LogP contribution in [0.2, 0.25) is 0 Å². The average Bonchev–Trinajstić information content (AvgIpc) is 2.95. The molecule has 3 rings (SSSR count). The molecule has 7 N–H and O–H groups in total. The van der Waals surface area contributed by atoms with Crippen molar-refractivity contribution in [1.29, 1.82) is 0 Å². The fraction of sp³-hybridized carbons (Fsp3) is 0.259. The molecule has 0 saturated carbocycles. The van der Waals surface area contributed by atoms with E-state index >= 15 is 0 Å². The Morgan fingerprint density at radius 2 is 0.975 bits per heavy atom. The van der Waals surface area contributed by atoms with Crippen LogP contribution in [0, 0.1) is 0 Å². The van der Waals surface area contributed by atoms with Crippen LogP contribution < -0.4 is 21.7 Å². The molecule has 3 aromatic rings. The first kappa shape index (κ1) is 31.4. The lowest BCUT2D eigenvalue weighted by atomic mass is 9.80. The van der Waals surface area contributed by atoms with Gasteiger partial charge in [0.1, 0.15) is 0 Å². The van der Waals surface area contributed by atoms with Crippen molar-refractivity contribution in [3.63, 3.8) is 0 Å². The first-order valence-electron chi connectivity index (χ1n) is 13.1. The molecule has 0 aliphatic heterocycles. The molecule has 0 saturated heterocycles. The van der Waals surface area contributed by atoms with Crippen molar-refractivity contribution in [2.45, 2.75) is 6.54 Å². The van der Waals surface area contributed by atoms with Gasteiger partial charge < -0.3 is 35.5 Å². The molecule has 0 atom stereocenters. The van der Waals surface area contributed by atoms with Gasteiger partial charge in [0.25, 0.3) is 0 Å². The molecule has 40 heavy (non-hydrogen) atoms. The largest absolute Gasteiger partial charge is 0.488 e. The fourth-order valence-corrected chi connectivity index (χ4v) is 3.86. The summed E-state index contributed by atoms with van der Waals surface area (Å²) in [6, 6.07) is 20.9. The van der Waals surface area contributed by atoms with Crippen LogP contribution in [-0.4, -0.2) is 108 Å². The Hall–Kier alpha value is -3.13. The smallest absolute Gasteiger partial charge is 0.423 e. The van der Waals surface area contributed by atoms with Crippen molar-refractivity contribution in [3.8, 4) is 0 Å². The molecule has 0 bridgehead atoms. The van der Waals surface area contributed by atoms with Gasteiger partial charge in [-0.15, -0.1) is 0 Å². The van der Waals surface area contributed by atoms with Crippen LogP contribution >= 0.6 is 0 Å². The molecule has 3 aromatic carbocycles. The number of nitrogens with zero attached hydrogens (tertiary/aromatic N) is 3. The summed E-state index contributed by atoms with van der Waals surface area (Å²) in [6.07, 6.45) is 3.53. The third-order valence-electron chi connectivity index (χ3n) is 6.25. The lowest BCUT2D eigenvalue weighted by Gasteiger charge is -2.21. The predicted molar refractivity (Wildman–Crippen MR) is 162 cm³/mol. The predicted octanol–water partition coefficient (Wildman–Crippen LogP) is -2.64. The Bertz CT molecular complexity index is 1130. The Kier molecular flexibility index (Phi) is 13.2. The summed E-state index contributed by atoms with van der Waals surface area (Å²) in [6.45, 7) is 4.82. The normalized spacial score (nSPS) is 11.6. The fourth-order valence-electron chi connectivity index (χ4n) is 3.86. The minimum absolute atomic E-state index is 0.431. The highest BCUT2D eigenvalue weighted by Crippen LogP contribution is 1.99. The molecule has 0 aliphatic rings. The molecule has 0 spiro atoms. The highest BCUT2D eigenvalue weighted by atomic mass is 16.4. The summed E-state index contributed by atoms with van der Waals surface area (Å²) < 4.78 is 0. The number of nitrogens with one attached hydrogen (secondary N) is 1. The van der Waals surface area contributed by atoms with Gasteiger partial charge in [-0.05, 0) is 33.1 Å². The van der Waals surface area contributed by atoms with Crippen LogP contribution in [0.25, 0.3) is 0 Å². The molecule has 0 unspecified atom stereocenters. The Morgan fingerprint density at radius 3 is 1.38 bits per heavy atom. The molecular formula is C27H35B3N4O6. The van der Waals surface area contributed by atoms with E-state index in [0.29, 0.717) is 36.0 Å². The van der Waals surface area contributed by atoms with Crippen LogP contribution in [0.5, 0.6) is 0 Å². The van der Waals surface area contributed by atoms with Gasteiger partial charge in [-0.2, -0.15) is 0 Å². The quantitative estimate of drug-likeness (QED) is 0.0586. The number of aliphatic imine (C=N–C) groups is 2. The Balaban J connectivity index is 1.49. The van der Waals surface area contributed by atoms with E-state index in [2.05, 4.69) is 20.2 Å². The van der Waals surface area contributed by atoms with Gasteiger partial charge in [0.05, 0.1) is 13.1 Å². The van der Waals surface area contributed by atoms with Crippen LogP contribution in [0.4, 0.5) is 0 Å². The standard InChI is InChI=1S/C27H35B3N4O6/c35-28(36)25-7-1-22(2-8-25)19-31-13-16-34(17-14-32-20-23-3-9-26(10-4-23)29(37)38)18-15-33-21-24-5-11-27(12-6-24)30(39)40/h1-12,19-20,33,35-40H,13-18,21H2. The average molecular weight is 544 g/mol. The highest BCUT2D eigenvalue weighted by molar-refractivity contribution is 6.59. The third kappa shape index (κ3) is 11.2. The summed E-state index contributed by atoms with van der Waals surface area (Å²) in [4.78, 5) is 11.3. The lowest BCUT2D eigenvalue weighted by Crippen LogP contribution is -2.35. The number of hydrogen-bond donors (Lipinski definition) is 7. The van der Waals surface area contributed by atoms with Gasteiger partial charge in [-0.1, -0.05) is 72.8 Å². The number of benzene rings is 3. The summed E-state index contributed by atoms with van der Waals surface area (Å²) in [5, 5.41) is 58.8. The highest BCUT2D eigenvalue weighted by Gasteiger charge is 2.11. The summed E-state index contributed by atoms with van der Waals surface area (Å²) in [5.41, 5.74) is 4.12. The molecule has 0 heterocycles. The van der Waals surface area contributed by atoms with E-state index in [4.69, 9.17) is 0 Å². The van der Waals surface area contributed by atoms with Crippen LogP contribution in [0.15, 0.2) is 82.8 Å². The van der Waals surface area contributed by atoms with E-state index in [1.165, 1.54) is 0 Å². The Morgan fingerprint density at radius 1 is 0.575 bits per heavy atom. The van der Waals surface area contributed by atoms with Crippen molar-refractivity contribution in [3.05, 3.63) is 89.5 Å². The van der Waals surface area contributed by atoms with Crippen molar-refractivity contribution in [1.82, 2.24) is 10.2 Å². The zero-order valence-corrected chi connectivity index (χ0v) is 22.3. The zero-order chi connectivity index (χ0) is 28.7. The van der Waals surface area contributed by atoms with E-state index in [1.54, 1.807) is 73.1 Å². The maximum absolute atomic E-state index is 9.24. The van der Waals surface area contributed by atoms with Crippen molar-refractivity contribution < 1.29 is 30.1 Å². The van der Waals surface area contributed by atoms with Gasteiger partial charge in [0.15, 0.2) is 0 Å². The molecule has 0 fully saturated rings. The number of rotatable bonds is 16. The van der Waals surface area contributed by atoms with E-state index in [0.717, 1.165) is 42.9 Å². The third-order valence-corrected chi connectivity index (χ3v) is 6.25. The second-order valence-electron chi connectivity index (χ2n) is 9.28. The minimum Gasteiger partial charge on any atom is -0.423 e. The molecule has 0 amide bonds. The topological polar surface area (TPSA) is 161 Å². The minimum atomic E-state index is -1.49. The molecule has 0 radical (unpaired) electrons. The summed E-state index contributed by atoms with van der Waals surface area (Å²) in [7, 11) is -4.45. The van der Waals surface area contributed by atoms with Gasteiger partial charge in [-0.25, -0.2) is 0 Å². The molecule has 208 valence electrons. The van der Waals surface area contributed by atoms with E-state index in [-0.39, 0.29) is 0 Å². The van der Waals surface area contributed by atoms with Gasteiger partial charge in [0.2, 0.25) is 0 Å². The first-order chi connectivity index (χ1) is 19.3. The van der Waals surface area contributed by atoms with Crippen LogP contribution in [0.1, 0.15) is 16.7 Å². The van der Waals surface area contributed by atoms with E-state index in [1.807, 2.05) is 12.1 Å². The van der Waals surface area contributed by atoms with Crippen molar-refractivity contribution in [2.75, 3.05) is 39.3 Å². The summed E-state index contributed by atoms with van der Waals surface area (Å²) >= 11 is 0. The molecule has 0 aromatic heterocycles. The maximum atomic E-state index is 9.24. The monoisotopic (exact) mass is 544 g/mol. The van der Waals surface area contributed by atoms with E-state index < -0.39 is 21.4 Å². The zero-order valence-electron chi connectivity index (χ0n) is 22.3. The Labute approximate surface area is 235 Å². The van der Waals surface area contributed by atoms with Crippen molar-refractivity contribution >= 4 is 50.2 Å². The van der Waals surface area contributed by atoms with Gasteiger partial charge >= 0.3 is 21.4 Å². The molecule has 0 aliphatic carbocycles. The van der Waals surface area contributed by atoms with Gasteiger partial charge in [0, 0.05) is 45.2 Å². The molecule has 10 nitrogen and oxygen atoms in total. The van der Waals surface area contributed by atoms with Crippen LogP contribution in [0.3, 0.4) is 0 Å². The number of hydrogen-bond acceptors (Lipinski definition) is 10. The SMILES string of the molecule is OB(O)c1ccc(C=NCCN(CCN=Cc2ccc(B(O)O)cc2)CCNCc2ccc(B(O)O)cc2)cc1. The molecular weight excluding hydrogens is 509 g/mol. The van der Waals surface area contributed by atoms with E-state index in [9.17, 15) is 30.1 Å². The summed E-state index contributed by atoms with van der Waals surface area (Å²) in [5.74, 6) is 0. The second kappa shape index (κ2) is 16.9. The first-order valence-corrected chi connectivity index (χ1v) is 13.1. The lowest BCUT2D eigenvalue weighted by molar-refractivity contribution is 0.288. The van der Waals surface area contributed by atoms with Crippen molar-refractivity contribution in [2.24, 2.45) is 9.98 Å². The molecule has 13 heteroatoms. The van der Waals surface area contributed by atoms with Crippen LogP contribution in [-0.2, 0) is 6.54 Å². The second-order valence-corrected chi connectivity index (χ2v) is 9.28. The maximum Gasteiger partial charge on any atom is 0.488 e.